The Hall–Kier alpha value is -1.32. The van der Waals surface area contributed by atoms with Crippen LogP contribution in [0.4, 0.5) is 5.69 Å². The van der Waals surface area contributed by atoms with Gasteiger partial charge in [0.1, 0.15) is 11.5 Å². The van der Waals surface area contributed by atoms with Crippen LogP contribution < -0.4 is 5.73 Å². The van der Waals surface area contributed by atoms with Gasteiger partial charge in [-0.15, -0.1) is 0 Å². The standard InChI is InChI=1S/C14H23N3O/c1-3-9(2)10-6-4-5-7-11(10)13-16-8-12(15)14(18)17-13/h8-11H,3-7,15H2,1-2H3,(H,16,17,18)/t9-,10-,11?/m0/s1. The Labute approximate surface area is 109 Å². The molecular weight excluding hydrogens is 226 g/mol. The summed E-state index contributed by atoms with van der Waals surface area (Å²) in [6.07, 6.45) is 7.60. The number of nitrogens with two attached hydrogens (primary N) is 1. The average molecular weight is 249 g/mol. The second-order valence-electron chi connectivity index (χ2n) is 5.45. The third-order valence-corrected chi connectivity index (χ3v) is 4.34. The van der Waals surface area contributed by atoms with Gasteiger partial charge in [0.15, 0.2) is 0 Å². The highest BCUT2D eigenvalue weighted by Gasteiger charge is 2.31. The molecule has 0 radical (unpaired) electrons. The molecule has 1 aromatic rings. The molecule has 1 heterocycles. The summed E-state index contributed by atoms with van der Waals surface area (Å²) in [7, 11) is 0. The molecule has 18 heavy (non-hydrogen) atoms. The van der Waals surface area contributed by atoms with Gasteiger partial charge in [-0.1, -0.05) is 33.1 Å². The Bertz CT molecular complexity index is 408. The van der Waals surface area contributed by atoms with Crippen molar-refractivity contribution in [3.63, 3.8) is 0 Å². The number of anilines is 1. The lowest BCUT2D eigenvalue weighted by Crippen LogP contribution is -2.25. The highest BCUT2D eigenvalue weighted by atomic mass is 16.3. The van der Waals surface area contributed by atoms with Gasteiger partial charge in [0, 0.05) is 5.92 Å². The first kappa shape index (κ1) is 13.1. The molecule has 4 heteroatoms. The SMILES string of the molecule is CC[C@H](C)[C@@H]1CCCCC1c1ncc(N)c(O)n1. The Morgan fingerprint density at radius 3 is 2.83 bits per heavy atom. The van der Waals surface area contributed by atoms with Crippen molar-refractivity contribution < 1.29 is 5.11 Å². The quantitative estimate of drug-likeness (QED) is 0.863. The average Bonchev–Trinajstić information content (AvgIpc) is 2.41. The zero-order chi connectivity index (χ0) is 13.1. The van der Waals surface area contributed by atoms with Crippen molar-refractivity contribution in [2.24, 2.45) is 11.8 Å². The normalized spacial score (nSPS) is 25.9. The maximum absolute atomic E-state index is 9.64. The van der Waals surface area contributed by atoms with Crippen molar-refractivity contribution in [3.8, 4) is 5.88 Å². The monoisotopic (exact) mass is 249 g/mol. The van der Waals surface area contributed by atoms with Gasteiger partial charge in [0.25, 0.3) is 0 Å². The van der Waals surface area contributed by atoms with Crippen LogP contribution in [0.5, 0.6) is 5.88 Å². The molecule has 2 rings (SSSR count). The van der Waals surface area contributed by atoms with Gasteiger partial charge in [0.05, 0.1) is 6.20 Å². The van der Waals surface area contributed by atoms with Crippen molar-refractivity contribution in [3.05, 3.63) is 12.0 Å². The highest BCUT2D eigenvalue weighted by Crippen LogP contribution is 2.41. The number of nitrogens with zero attached hydrogens (tertiary/aromatic N) is 2. The minimum atomic E-state index is -0.0755. The molecule has 1 aromatic heterocycles. The lowest BCUT2D eigenvalue weighted by molar-refractivity contribution is 0.213. The molecule has 0 saturated heterocycles. The minimum Gasteiger partial charge on any atom is -0.492 e. The molecule has 0 aromatic carbocycles. The molecule has 100 valence electrons. The first-order valence-corrected chi connectivity index (χ1v) is 6.94. The molecule has 0 amide bonds. The summed E-state index contributed by atoms with van der Waals surface area (Å²) >= 11 is 0. The first-order valence-electron chi connectivity index (χ1n) is 6.94. The van der Waals surface area contributed by atoms with Crippen molar-refractivity contribution in [2.75, 3.05) is 5.73 Å². The third kappa shape index (κ3) is 2.57. The molecule has 4 nitrogen and oxygen atoms in total. The fraction of sp³-hybridized carbons (Fsp3) is 0.714. The zero-order valence-electron chi connectivity index (χ0n) is 11.3. The van der Waals surface area contributed by atoms with E-state index in [1.54, 1.807) is 0 Å². The molecule has 1 unspecified atom stereocenters. The molecule has 3 atom stereocenters. The third-order valence-electron chi connectivity index (χ3n) is 4.34. The van der Waals surface area contributed by atoms with E-state index in [0.717, 1.165) is 12.2 Å². The number of hydrogen-bond acceptors (Lipinski definition) is 4. The van der Waals surface area contributed by atoms with E-state index in [1.807, 2.05) is 0 Å². The van der Waals surface area contributed by atoms with Crippen LogP contribution >= 0.6 is 0 Å². The second kappa shape index (κ2) is 5.55. The van der Waals surface area contributed by atoms with Gasteiger partial charge in [-0.3, -0.25) is 0 Å². The van der Waals surface area contributed by atoms with Gasteiger partial charge in [-0.25, -0.2) is 4.98 Å². The summed E-state index contributed by atoms with van der Waals surface area (Å²) in [6.45, 7) is 4.54. The van der Waals surface area contributed by atoms with Crippen molar-refractivity contribution >= 4 is 5.69 Å². The van der Waals surface area contributed by atoms with Crippen LogP contribution in [-0.2, 0) is 0 Å². The minimum absolute atomic E-state index is 0.0755. The predicted molar refractivity (Wildman–Crippen MR) is 72.3 cm³/mol. The van der Waals surface area contributed by atoms with Crippen LogP contribution in [-0.4, -0.2) is 15.1 Å². The van der Waals surface area contributed by atoms with Crippen LogP contribution in [0.3, 0.4) is 0 Å². The molecule has 0 bridgehead atoms. The van der Waals surface area contributed by atoms with E-state index in [0.29, 0.717) is 17.8 Å². The summed E-state index contributed by atoms with van der Waals surface area (Å²) in [5, 5.41) is 9.64. The van der Waals surface area contributed by atoms with Crippen LogP contribution in [0.15, 0.2) is 6.20 Å². The topological polar surface area (TPSA) is 72.0 Å². The van der Waals surface area contributed by atoms with E-state index in [2.05, 4.69) is 23.8 Å². The fourth-order valence-corrected chi connectivity index (χ4v) is 3.04. The van der Waals surface area contributed by atoms with Crippen LogP contribution in [0.2, 0.25) is 0 Å². The molecular formula is C14H23N3O. The number of nitrogen functional groups attached to an aromatic ring is 1. The molecule has 0 aliphatic heterocycles. The Morgan fingerprint density at radius 1 is 1.44 bits per heavy atom. The molecule has 1 aliphatic rings. The lowest BCUT2D eigenvalue weighted by Gasteiger charge is -2.34. The van der Waals surface area contributed by atoms with Gasteiger partial charge < -0.3 is 10.8 Å². The van der Waals surface area contributed by atoms with Crippen LogP contribution in [0.1, 0.15) is 57.7 Å². The summed E-state index contributed by atoms with van der Waals surface area (Å²) < 4.78 is 0. The Balaban J connectivity index is 2.24. The largest absolute Gasteiger partial charge is 0.492 e. The van der Waals surface area contributed by atoms with E-state index in [-0.39, 0.29) is 11.6 Å². The molecule has 1 aliphatic carbocycles. The van der Waals surface area contributed by atoms with Gasteiger partial charge in [-0.05, 0) is 24.7 Å². The van der Waals surface area contributed by atoms with E-state index in [1.165, 1.54) is 31.9 Å². The number of rotatable bonds is 3. The van der Waals surface area contributed by atoms with Crippen molar-refractivity contribution in [1.29, 1.82) is 0 Å². The van der Waals surface area contributed by atoms with Gasteiger partial charge in [-0.2, -0.15) is 4.98 Å². The van der Waals surface area contributed by atoms with Crippen LogP contribution in [0.25, 0.3) is 0 Å². The van der Waals surface area contributed by atoms with Crippen LogP contribution in [0, 0.1) is 11.8 Å². The van der Waals surface area contributed by atoms with Gasteiger partial charge in [0.2, 0.25) is 5.88 Å². The first-order chi connectivity index (χ1) is 8.63. The fourth-order valence-electron chi connectivity index (χ4n) is 3.04. The Morgan fingerprint density at radius 2 is 2.17 bits per heavy atom. The van der Waals surface area contributed by atoms with E-state index >= 15 is 0 Å². The molecule has 1 fully saturated rings. The number of aromatic nitrogens is 2. The van der Waals surface area contributed by atoms with E-state index in [9.17, 15) is 5.11 Å². The maximum atomic E-state index is 9.64. The van der Waals surface area contributed by atoms with E-state index in [4.69, 9.17) is 5.73 Å². The number of hydrogen-bond donors (Lipinski definition) is 2. The smallest absolute Gasteiger partial charge is 0.238 e. The summed E-state index contributed by atoms with van der Waals surface area (Å²) in [5.41, 5.74) is 5.82. The zero-order valence-corrected chi connectivity index (χ0v) is 11.3. The molecule has 1 saturated carbocycles. The summed E-state index contributed by atoms with van der Waals surface area (Å²) in [6, 6.07) is 0. The molecule has 3 N–H and O–H groups in total. The van der Waals surface area contributed by atoms with Crippen molar-refractivity contribution in [2.45, 2.75) is 51.9 Å². The maximum Gasteiger partial charge on any atom is 0.238 e. The van der Waals surface area contributed by atoms with Gasteiger partial charge >= 0.3 is 0 Å². The summed E-state index contributed by atoms with van der Waals surface area (Å²) in [4.78, 5) is 8.52. The lowest BCUT2D eigenvalue weighted by atomic mass is 9.72. The summed E-state index contributed by atoms with van der Waals surface area (Å²) in [5.74, 6) is 2.38. The predicted octanol–water partition coefficient (Wildman–Crippen LogP) is 3.08. The second-order valence-corrected chi connectivity index (χ2v) is 5.45. The molecule has 0 spiro atoms. The van der Waals surface area contributed by atoms with Crippen molar-refractivity contribution in [1.82, 2.24) is 9.97 Å². The highest BCUT2D eigenvalue weighted by molar-refractivity contribution is 5.44. The number of aromatic hydroxyl groups is 1. The van der Waals surface area contributed by atoms with E-state index < -0.39 is 0 Å². The Kier molecular flexibility index (Phi) is 4.04.